The van der Waals surface area contributed by atoms with Crippen molar-refractivity contribution in [3.63, 3.8) is 0 Å². The Morgan fingerprint density at radius 3 is 2.73 bits per heavy atom. The first-order valence-electron chi connectivity index (χ1n) is 7.76. The van der Waals surface area contributed by atoms with Gasteiger partial charge in [-0.25, -0.2) is 9.67 Å². The van der Waals surface area contributed by atoms with Gasteiger partial charge in [0, 0.05) is 10.6 Å². The third-order valence-corrected chi connectivity index (χ3v) is 3.97. The summed E-state index contributed by atoms with van der Waals surface area (Å²) in [5.74, 6) is 1.04. The summed E-state index contributed by atoms with van der Waals surface area (Å²) in [6, 6.07) is 10.5. The van der Waals surface area contributed by atoms with Crippen molar-refractivity contribution in [2.75, 3.05) is 19.5 Å². The molecule has 0 fully saturated rings. The van der Waals surface area contributed by atoms with Crippen LogP contribution in [0.15, 0.2) is 49.1 Å². The van der Waals surface area contributed by atoms with Gasteiger partial charge in [-0.15, -0.1) is 0 Å². The molecule has 0 saturated carbocycles. The summed E-state index contributed by atoms with van der Waals surface area (Å²) in [6.07, 6.45) is 3.08. The second-order valence-corrected chi connectivity index (χ2v) is 5.84. The number of anilines is 1. The lowest BCUT2D eigenvalue weighted by molar-refractivity contribution is -0.115. The molecule has 3 rings (SSSR count). The predicted molar refractivity (Wildman–Crippen MR) is 98.2 cm³/mol. The van der Waals surface area contributed by atoms with E-state index in [1.807, 2.05) is 0 Å². The van der Waals surface area contributed by atoms with Crippen molar-refractivity contribution in [2.45, 2.75) is 6.42 Å². The first-order valence-corrected chi connectivity index (χ1v) is 8.14. The van der Waals surface area contributed by atoms with Gasteiger partial charge in [-0.3, -0.25) is 4.79 Å². The molecule has 1 aromatic heterocycles. The molecular formula is C18H17ClN4O3. The summed E-state index contributed by atoms with van der Waals surface area (Å²) in [4.78, 5) is 16.5. The molecule has 134 valence electrons. The maximum absolute atomic E-state index is 12.6. The molecule has 1 amide bonds. The predicted octanol–water partition coefficient (Wildman–Crippen LogP) is 3.12. The van der Waals surface area contributed by atoms with Crippen LogP contribution in [0, 0.1) is 0 Å². The fourth-order valence-electron chi connectivity index (χ4n) is 2.53. The molecular weight excluding hydrogens is 356 g/mol. The number of hydrogen-bond donors (Lipinski definition) is 1. The molecule has 3 aromatic rings. The highest BCUT2D eigenvalue weighted by Crippen LogP contribution is 2.27. The molecule has 0 spiro atoms. The zero-order valence-electron chi connectivity index (χ0n) is 14.3. The average molecular weight is 373 g/mol. The summed E-state index contributed by atoms with van der Waals surface area (Å²) in [5, 5.41) is 7.46. The number of nitrogens with zero attached hydrogens (tertiary/aromatic N) is 3. The molecule has 0 radical (unpaired) electrons. The van der Waals surface area contributed by atoms with Crippen molar-refractivity contribution in [1.29, 1.82) is 0 Å². The number of nitrogens with one attached hydrogen (secondary N) is 1. The molecule has 0 aliphatic rings. The first-order chi connectivity index (χ1) is 12.6. The Bertz CT molecular complexity index is 913. The van der Waals surface area contributed by atoms with E-state index < -0.39 is 0 Å². The smallest absolute Gasteiger partial charge is 0.229 e. The Kier molecular flexibility index (Phi) is 5.38. The molecule has 1 N–H and O–H groups in total. The van der Waals surface area contributed by atoms with Gasteiger partial charge in [-0.1, -0.05) is 11.6 Å². The fourth-order valence-corrected chi connectivity index (χ4v) is 2.70. The highest BCUT2D eigenvalue weighted by atomic mass is 35.5. The minimum Gasteiger partial charge on any atom is -0.497 e. The van der Waals surface area contributed by atoms with E-state index in [1.54, 1.807) is 61.6 Å². The Morgan fingerprint density at radius 2 is 2.04 bits per heavy atom. The highest BCUT2D eigenvalue weighted by Gasteiger charge is 2.14. The molecule has 0 aliphatic carbocycles. The monoisotopic (exact) mass is 372 g/mol. The number of carbonyl (C=O) groups excluding carboxylic acids is 1. The number of hydrogen-bond acceptors (Lipinski definition) is 5. The van der Waals surface area contributed by atoms with Gasteiger partial charge in [-0.2, -0.15) is 5.10 Å². The minimum absolute atomic E-state index is 0.115. The van der Waals surface area contributed by atoms with Crippen LogP contribution in [-0.4, -0.2) is 34.9 Å². The Hall–Kier alpha value is -3.06. The van der Waals surface area contributed by atoms with E-state index in [0.717, 1.165) is 0 Å². The van der Waals surface area contributed by atoms with Gasteiger partial charge in [0.2, 0.25) is 5.91 Å². The van der Waals surface area contributed by atoms with Gasteiger partial charge < -0.3 is 14.8 Å². The van der Waals surface area contributed by atoms with E-state index in [4.69, 9.17) is 21.1 Å². The Labute approximate surface area is 155 Å². The van der Waals surface area contributed by atoms with Crippen molar-refractivity contribution in [3.05, 3.63) is 59.6 Å². The van der Waals surface area contributed by atoms with Crippen LogP contribution in [0.2, 0.25) is 5.02 Å². The maximum atomic E-state index is 12.6. The number of halogens is 1. The highest BCUT2D eigenvalue weighted by molar-refractivity contribution is 6.31. The third-order valence-electron chi connectivity index (χ3n) is 3.74. The van der Waals surface area contributed by atoms with Crippen molar-refractivity contribution in [1.82, 2.24) is 14.8 Å². The van der Waals surface area contributed by atoms with Crippen LogP contribution in [-0.2, 0) is 11.2 Å². The maximum Gasteiger partial charge on any atom is 0.229 e. The molecule has 0 atom stereocenters. The van der Waals surface area contributed by atoms with Crippen LogP contribution in [0.25, 0.3) is 5.69 Å². The third kappa shape index (κ3) is 3.94. The van der Waals surface area contributed by atoms with E-state index in [-0.39, 0.29) is 12.3 Å². The number of carbonyl (C=O) groups is 1. The number of methoxy groups -OCH3 is 2. The number of rotatable bonds is 6. The molecule has 0 saturated heterocycles. The summed E-state index contributed by atoms with van der Waals surface area (Å²) < 4.78 is 12.1. The summed E-state index contributed by atoms with van der Waals surface area (Å²) in [5.41, 5.74) is 1.92. The Morgan fingerprint density at radius 1 is 1.19 bits per heavy atom. The quantitative estimate of drug-likeness (QED) is 0.719. The lowest BCUT2D eigenvalue weighted by atomic mass is 10.1. The van der Waals surface area contributed by atoms with Gasteiger partial charge in [0.25, 0.3) is 0 Å². The van der Waals surface area contributed by atoms with Crippen LogP contribution in [0.1, 0.15) is 5.56 Å². The lowest BCUT2D eigenvalue weighted by Gasteiger charge is -2.13. The molecule has 0 unspecified atom stereocenters. The molecule has 26 heavy (non-hydrogen) atoms. The largest absolute Gasteiger partial charge is 0.497 e. The second-order valence-electron chi connectivity index (χ2n) is 5.40. The van der Waals surface area contributed by atoms with Gasteiger partial charge >= 0.3 is 0 Å². The molecule has 0 aliphatic heterocycles. The van der Waals surface area contributed by atoms with Crippen molar-refractivity contribution in [3.8, 4) is 17.2 Å². The zero-order valence-corrected chi connectivity index (χ0v) is 15.0. The van der Waals surface area contributed by atoms with Crippen LogP contribution >= 0.6 is 11.6 Å². The molecule has 7 nitrogen and oxygen atoms in total. The summed E-state index contributed by atoms with van der Waals surface area (Å²) in [6.45, 7) is 0. The van der Waals surface area contributed by atoms with E-state index >= 15 is 0 Å². The SMILES string of the molecule is COc1ccc(OC)c(CC(=O)Nc2cc(Cl)ccc2-n2cncn2)c1. The number of amides is 1. The van der Waals surface area contributed by atoms with Crippen molar-refractivity contribution in [2.24, 2.45) is 0 Å². The van der Waals surface area contributed by atoms with E-state index in [9.17, 15) is 4.79 Å². The van der Waals surface area contributed by atoms with Gasteiger partial charge in [-0.05, 0) is 36.4 Å². The average Bonchev–Trinajstić information content (AvgIpc) is 3.16. The standard InChI is InChI=1S/C18H17ClN4O3/c1-25-14-4-6-17(26-2)12(7-14)8-18(24)22-15-9-13(19)3-5-16(15)23-11-20-10-21-23/h3-7,9-11H,8H2,1-2H3,(H,22,24). The topological polar surface area (TPSA) is 78.3 Å². The van der Waals surface area contributed by atoms with E-state index in [0.29, 0.717) is 33.5 Å². The van der Waals surface area contributed by atoms with Crippen LogP contribution in [0.4, 0.5) is 5.69 Å². The lowest BCUT2D eigenvalue weighted by Crippen LogP contribution is -2.16. The number of benzene rings is 2. The zero-order chi connectivity index (χ0) is 18.5. The van der Waals surface area contributed by atoms with Gasteiger partial charge in [0.1, 0.15) is 24.2 Å². The minimum atomic E-state index is -0.222. The van der Waals surface area contributed by atoms with Crippen molar-refractivity contribution >= 4 is 23.2 Å². The summed E-state index contributed by atoms with van der Waals surface area (Å²) in [7, 11) is 3.13. The van der Waals surface area contributed by atoms with Gasteiger partial charge in [0.05, 0.1) is 32.0 Å². The van der Waals surface area contributed by atoms with E-state index in [1.165, 1.54) is 6.33 Å². The second kappa shape index (κ2) is 7.88. The normalized spacial score (nSPS) is 10.4. The molecule has 8 heteroatoms. The van der Waals surface area contributed by atoms with Crippen LogP contribution in [0.3, 0.4) is 0 Å². The van der Waals surface area contributed by atoms with Gasteiger partial charge in [0.15, 0.2) is 0 Å². The number of ether oxygens (including phenoxy) is 2. The molecule has 1 heterocycles. The number of aromatic nitrogens is 3. The van der Waals surface area contributed by atoms with Crippen LogP contribution < -0.4 is 14.8 Å². The molecule has 2 aromatic carbocycles. The van der Waals surface area contributed by atoms with Crippen molar-refractivity contribution < 1.29 is 14.3 Å². The first kappa shape index (κ1) is 17.8. The summed E-state index contributed by atoms with van der Waals surface area (Å²) >= 11 is 6.08. The Balaban J connectivity index is 1.84. The van der Waals surface area contributed by atoms with Crippen LogP contribution in [0.5, 0.6) is 11.5 Å². The van der Waals surface area contributed by atoms with E-state index in [2.05, 4.69) is 15.4 Å². The fraction of sp³-hybridized carbons (Fsp3) is 0.167. The molecule has 0 bridgehead atoms.